The molecule has 0 aliphatic carbocycles. The van der Waals surface area contributed by atoms with Gasteiger partial charge in [-0.05, 0) is 52.4 Å². The Hall–Kier alpha value is -0.120. The highest BCUT2D eigenvalue weighted by Crippen LogP contribution is 2.26. The maximum Gasteiger partial charge on any atom is 0.0109 e. The van der Waals surface area contributed by atoms with E-state index >= 15 is 0 Å². The smallest absolute Gasteiger partial charge is 0.0109 e. The predicted molar refractivity (Wildman–Crippen MR) is 82.2 cm³/mol. The molecule has 0 aromatic carbocycles. The average molecular weight is 257 g/mol. The molecule has 3 heteroatoms. The van der Waals surface area contributed by atoms with E-state index in [-0.39, 0.29) is 0 Å². The Morgan fingerprint density at radius 1 is 0.944 bits per heavy atom. The molecule has 0 saturated carbocycles. The molecule has 0 bridgehead atoms. The van der Waals surface area contributed by atoms with Crippen LogP contribution in [0.15, 0.2) is 0 Å². The van der Waals surface area contributed by atoms with Crippen molar-refractivity contribution >= 4 is 0 Å². The Morgan fingerprint density at radius 2 is 1.56 bits per heavy atom. The van der Waals surface area contributed by atoms with Gasteiger partial charge >= 0.3 is 0 Å². The lowest BCUT2D eigenvalue weighted by molar-refractivity contribution is 0.129. The molecule has 18 heavy (non-hydrogen) atoms. The molecule has 110 valence electrons. The van der Waals surface area contributed by atoms with Crippen molar-refractivity contribution < 1.29 is 0 Å². The van der Waals surface area contributed by atoms with Gasteiger partial charge in [-0.2, -0.15) is 0 Å². The summed E-state index contributed by atoms with van der Waals surface area (Å²) in [7, 11) is 6.39. The molecule has 3 nitrogen and oxygen atoms in total. The second-order valence-electron chi connectivity index (χ2n) is 5.82. The summed E-state index contributed by atoms with van der Waals surface area (Å²) in [4.78, 5) is 4.92. The van der Waals surface area contributed by atoms with Gasteiger partial charge in [0.05, 0.1) is 0 Å². The van der Waals surface area contributed by atoms with Crippen molar-refractivity contribution in [3.63, 3.8) is 0 Å². The molecule has 0 saturated heterocycles. The van der Waals surface area contributed by atoms with Crippen LogP contribution in [-0.2, 0) is 0 Å². The molecule has 0 aromatic heterocycles. The van der Waals surface area contributed by atoms with Crippen LogP contribution in [0.3, 0.4) is 0 Å². The third kappa shape index (κ3) is 6.72. The normalized spacial score (nSPS) is 12.7. The lowest BCUT2D eigenvalue weighted by atomic mass is 9.81. The number of likely N-dealkylation sites (N-methyl/N-ethyl adjacent to an activating group) is 1. The van der Waals surface area contributed by atoms with Gasteiger partial charge in [-0.1, -0.05) is 20.8 Å². The van der Waals surface area contributed by atoms with E-state index < -0.39 is 0 Å². The third-order valence-corrected chi connectivity index (χ3v) is 4.01. The first-order valence-electron chi connectivity index (χ1n) is 7.55. The lowest BCUT2D eigenvalue weighted by Gasteiger charge is -2.37. The molecular weight excluding hydrogens is 222 g/mol. The Morgan fingerprint density at radius 3 is 1.94 bits per heavy atom. The van der Waals surface area contributed by atoms with Gasteiger partial charge in [0, 0.05) is 26.2 Å². The molecule has 0 rings (SSSR count). The van der Waals surface area contributed by atoms with Crippen molar-refractivity contribution in [2.45, 2.75) is 40.0 Å². The van der Waals surface area contributed by atoms with E-state index in [0.717, 1.165) is 13.1 Å². The van der Waals surface area contributed by atoms with Crippen LogP contribution in [0.4, 0.5) is 0 Å². The predicted octanol–water partition coefficient (Wildman–Crippen LogP) is 2.29. The number of rotatable bonds is 11. The first-order valence-corrected chi connectivity index (χ1v) is 7.55. The van der Waals surface area contributed by atoms with Crippen LogP contribution >= 0.6 is 0 Å². The summed E-state index contributed by atoms with van der Waals surface area (Å²) in [6, 6.07) is 0. The third-order valence-electron chi connectivity index (χ3n) is 4.01. The maximum atomic E-state index is 3.39. The molecule has 0 unspecified atom stereocenters. The first kappa shape index (κ1) is 17.9. The van der Waals surface area contributed by atoms with Crippen molar-refractivity contribution in [2.75, 3.05) is 53.9 Å². The zero-order valence-corrected chi connectivity index (χ0v) is 13.6. The number of hydrogen-bond donors (Lipinski definition) is 1. The molecule has 0 atom stereocenters. The topological polar surface area (TPSA) is 18.5 Å². The summed E-state index contributed by atoms with van der Waals surface area (Å²) in [5.41, 5.74) is 0.441. The number of nitrogens with zero attached hydrogens (tertiary/aromatic N) is 2. The fraction of sp³-hybridized carbons (Fsp3) is 1.00. The average Bonchev–Trinajstić information content (AvgIpc) is 2.35. The summed E-state index contributed by atoms with van der Waals surface area (Å²) in [5, 5.41) is 3.39. The molecule has 0 aliphatic heterocycles. The highest BCUT2D eigenvalue weighted by atomic mass is 15.2. The van der Waals surface area contributed by atoms with Crippen molar-refractivity contribution in [2.24, 2.45) is 5.41 Å². The van der Waals surface area contributed by atoms with Gasteiger partial charge in [0.2, 0.25) is 0 Å². The van der Waals surface area contributed by atoms with E-state index in [1.54, 1.807) is 0 Å². The molecule has 0 amide bonds. The second kappa shape index (κ2) is 9.76. The van der Waals surface area contributed by atoms with Gasteiger partial charge < -0.3 is 15.1 Å². The fourth-order valence-corrected chi connectivity index (χ4v) is 2.56. The minimum Gasteiger partial charge on any atom is -0.319 e. The second-order valence-corrected chi connectivity index (χ2v) is 5.82. The minimum absolute atomic E-state index is 0.441. The van der Waals surface area contributed by atoms with E-state index in [1.807, 2.05) is 0 Å². The van der Waals surface area contributed by atoms with Crippen molar-refractivity contribution in [1.82, 2.24) is 15.1 Å². The molecular formula is C15H35N3. The largest absolute Gasteiger partial charge is 0.319 e. The monoisotopic (exact) mass is 257 g/mol. The Labute approximate surface area is 115 Å². The van der Waals surface area contributed by atoms with Crippen molar-refractivity contribution in [3.8, 4) is 0 Å². The SMILES string of the molecule is CCCN(CCN(C)C)CC(CC)(CC)CNC. The maximum absolute atomic E-state index is 3.39. The number of nitrogens with one attached hydrogen (secondary N) is 1. The molecule has 1 N–H and O–H groups in total. The van der Waals surface area contributed by atoms with Gasteiger partial charge in [0.1, 0.15) is 0 Å². The Kier molecular flexibility index (Phi) is 9.70. The standard InChI is InChI=1S/C15H35N3/c1-7-10-18(12-11-17(5)6)14-15(8-2,9-3)13-16-4/h16H,7-14H2,1-6H3. The van der Waals surface area contributed by atoms with Crippen LogP contribution in [0.25, 0.3) is 0 Å². The van der Waals surface area contributed by atoms with Crippen LogP contribution in [0.2, 0.25) is 0 Å². The van der Waals surface area contributed by atoms with E-state index in [1.165, 1.54) is 38.9 Å². The van der Waals surface area contributed by atoms with Gasteiger partial charge in [-0.3, -0.25) is 0 Å². The van der Waals surface area contributed by atoms with Crippen LogP contribution in [0, 0.1) is 5.41 Å². The Bertz CT molecular complexity index is 188. The molecule has 0 fully saturated rings. The zero-order chi connectivity index (χ0) is 14.0. The summed E-state index contributed by atoms with van der Waals surface area (Å²) in [5.74, 6) is 0. The minimum atomic E-state index is 0.441. The molecule has 0 aliphatic rings. The van der Waals surface area contributed by atoms with E-state index in [0.29, 0.717) is 5.41 Å². The van der Waals surface area contributed by atoms with Gasteiger partial charge in [-0.25, -0.2) is 0 Å². The van der Waals surface area contributed by atoms with Gasteiger partial charge in [-0.15, -0.1) is 0 Å². The highest BCUT2D eigenvalue weighted by Gasteiger charge is 2.27. The lowest BCUT2D eigenvalue weighted by Crippen LogP contribution is -2.45. The van der Waals surface area contributed by atoms with Crippen LogP contribution in [-0.4, -0.2) is 63.7 Å². The summed E-state index contributed by atoms with van der Waals surface area (Å²) in [6.07, 6.45) is 3.76. The van der Waals surface area contributed by atoms with Gasteiger partial charge in [0.15, 0.2) is 0 Å². The summed E-state index contributed by atoms with van der Waals surface area (Å²) >= 11 is 0. The number of hydrogen-bond acceptors (Lipinski definition) is 3. The molecule has 0 aromatic rings. The summed E-state index contributed by atoms with van der Waals surface area (Å²) in [6.45, 7) is 12.9. The van der Waals surface area contributed by atoms with E-state index in [2.05, 4.69) is 57.0 Å². The molecule has 0 radical (unpaired) electrons. The summed E-state index contributed by atoms with van der Waals surface area (Å²) < 4.78 is 0. The van der Waals surface area contributed by atoms with Crippen molar-refractivity contribution in [1.29, 1.82) is 0 Å². The molecule has 0 heterocycles. The quantitative estimate of drug-likeness (QED) is 0.613. The van der Waals surface area contributed by atoms with E-state index in [4.69, 9.17) is 0 Å². The van der Waals surface area contributed by atoms with Crippen LogP contribution < -0.4 is 5.32 Å². The molecule has 0 spiro atoms. The van der Waals surface area contributed by atoms with Gasteiger partial charge in [0.25, 0.3) is 0 Å². The zero-order valence-electron chi connectivity index (χ0n) is 13.6. The fourth-order valence-electron chi connectivity index (χ4n) is 2.56. The highest BCUT2D eigenvalue weighted by molar-refractivity contribution is 4.82. The van der Waals surface area contributed by atoms with Crippen LogP contribution in [0.5, 0.6) is 0 Å². The van der Waals surface area contributed by atoms with Crippen LogP contribution in [0.1, 0.15) is 40.0 Å². The van der Waals surface area contributed by atoms with E-state index in [9.17, 15) is 0 Å². The van der Waals surface area contributed by atoms with Crippen molar-refractivity contribution in [3.05, 3.63) is 0 Å². The Balaban J connectivity index is 4.48. The first-order chi connectivity index (χ1) is 8.53.